The van der Waals surface area contributed by atoms with E-state index in [1.807, 2.05) is 12.1 Å². The Morgan fingerprint density at radius 3 is 2.82 bits per heavy atom. The van der Waals surface area contributed by atoms with Gasteiger partial charge in [-0.2, -0.15) is 0 Å². The van der Waals surface area contributed by atoms with Crippen molar-refractivity contribution in [3.63, 3.8) is 0 Å². The molecule has 0 radical (unpaired) electrons. The molecule has 5 heteroatoms. The first kappa shape index (κ1) is 11.5. The van der Waals surface area contributed by atoms with Crippen LogP contribution in [-0.4, -0.2) is 10.8 Å². The van der Waals surface area contributed by atoms with Crippen LogP contribution in [0.3, 0.4) is 0 Å². The van der Waals surface area contributed by atoms with E-state index >= 15 is 0 Å². The standard InChI is InChI=1S/C12H10N2O2S/c1-7(14-12(13)17)9-6-8-4-2-3-5-10(8)16-11(9)15/h2-6H,1H3,(H2,13,17)/b14-7+. The molecule has 0 saturated heterocycles. The molecule has 0 bridgehead atoms. The topological polar surface area (TPSA) is 68.6 Å². The first-order chi connectivity index (χ1) is 8.08. The summed E-state index contributed by atoms with van der Waals surface area (Å²) in [5, 5.41) is 0.828. The van der Waals surface area contributed by atoms with Crippen molar-refractivity contribution in [2.24, 2.45) is 10.7 Å². The highest BCUT2D eigenvalue weighted by atomic mass is 32.1. The number of para-hydroxylation sites is 1. The fourth-order valence-corrected chi connectivity index (χ4v) is 1.68. The van der Waals surface area contributed by atoms with Gasteiger partial charge < -0.3 is 10.2 Å². The minimum absolute atomic E-state index is 0.00458. The lowest BCUT2D eigenvalue weighted by molar-refractivity contribution is 0.559. The number of nitrogens with two attached hydrogens (primary N) is 1. The van der Waals surface area contributed by atoms with E-state index in [1.54, 1.807) is 25.1 Å². The van der Waals surface area contributed by atoms with Crippen molar-refractivity contribution >= 4 is 34.0 Å². The molecule has 0 unspecified atom stereocenters. The van der Waals surface area contributed by atoms with Gasteiger partial charge in [0.2, 0.25) is 0 Å². The lowest BCUT2D eigenvalue weighted by Gasteiger charge is -2.01. The molecule has 0 aliphatic rings. The summed E-state index contributed by atoms with van der Waals surface area (Å²) in [5.74, 6) is 0. The number of hydrogen-bond acceptors (Lipinski definition) is 3. The zero-order valence-corrected chi connectivity index (χ0v) is 9.95. The minimum Gasteiger partial charge on any atom is -0.422 e. The fraction of sp³-hybridized carbons (Fsp3) is 0.0833. The van der Waals surface area contributed by atoms with Gasteiger partial charge in [-0.05, 0) is 31.3 Å². The molecular formula is C12H10N2O2S. The molecule has 0 saturated carbocycles. The molecule has 0 amide bonds. The van der Waals surface area contributed by atoms with E-state index in [0.29, 0.717) is 16.9 Å². The Morgan fingerprint density at radius 1 is 1.41 bits per heavy atom. The van der Waals surface area contributed by atoms with Gasteiger partial charge in [0.05, 0.1) is 11.3 Å². The second-order valence-electron chi connectivity index (χ2n) is 3.52. The van der Waals surface area contributed by atoms with Crippen molar-refractivity contribution in [2.75, 3.05) is 0 Å². The maximum Gasteiger partial charge on any atom is 0.345 e. The molecule has 0 fully saturated rings. The normalized spacial score (nSPS) is 11.7. The third kappa shape index (κ3) is 2.39. The summed E-state index contributed by atoms with van der Waals surface area (Å²) in [7, 11) is 0. The van der Waals surface area contributed by atoms with Gasteiger partial charge >= 0.3 is 5.63 Å². The lowest BCUT2D eigenvalue weighted by atomic mass is 10.1. The zero-order chi connectivity index (χ0) is 12.4. The highest BCUT2D eigenvalue weighted by molar-refractivity contribution is 7.80. The molecule has 17 heavy (non-hydrogen) atoms. The van der Waals surface area contributed by atoms with Crippen LogP contribution in [0.25, 0.3) is 11.0 Å². The van der Waals surface area contributed by atoms with Crippen LogP contribution < -0.4 is 11.4 Å². The fourth-order valence-electron chi connectivity index (χ4n) is 1.54. The summed E-state index contributed by atoms with van der Waals surface area (Å²) in [4.78, 5) is 15.6. The molecule has 2 aromatic rings. The Hall–Kier alpha value is -2.01. The Bertz CT molecular complexity index is 674. The van der Waals surface area contributed by atoms with Gasteiger partial charge in [-0.1, -0.05) is 18.2 Å². The molecule has 86 valence electrons. The number of thiocarbonyl (C=S) groups is 1. The minimum atomic E-state index is -0.443. The molecule has 2 rings (SSSR count). The highest BCUT2D eigenvalue weighted by Crippen LogP contribution is 2.12. The zero-order valence-electron chi connectivity index (χ0n) is 9.14. The molecule has 0 spiro atoms. The third-order valence-electron chi connectivity index (χ3n) is 2.31. The Labute approximate surface area is 103 Å². The Kier molecular flexibility index (Phi) is 3.01. The number of benzene rings is 1. The maximum absolute atomic E-state index is 11.7. The van der Waals surface area contributed by atoms with Crippen molar-refractivity contribution in [1.82, 2.24) is 0 Å². The number of rotatable bonds is 1. The molecule has 1 aromatic heterocycles. The van der Waals surface area contributed by atoms with Crippen molar-refractivity contribution in [2.45, 2.75) is 6.92 Å². The molecule has 1 aromatic carbocycles. The summed E-state index contributed by atoms with van der Waals surface area (Å²) in [6.07, 6.45) is 0. The first-order valence-corrected chi connectivity index (χ1v) is 5.37. The summed E-state index contributed by atoms with van der Waals surface area (Å²) in [6.45, 7) is 1.67. The smallest absolute Gasteiger partial charge is 0.345 e. The predicted octanol–water partition coefficient (Wildman–Crippen LogP) is 1.85. The highest BCUT2D eigenvalue weighted by Gasteiger charge is 2.07. The second-order valence-corrected chi connectivity index (χ2v) is 3.94. The van der Waals surface area contributed by atoms with Crippen LogP contribution >= 0.6 is 12.2 Å². The number of nitrogens with zero attached hydrogens (tertiary/aromatic N) is 1. The number of hydrogen-bond donors (Lipinski definition) is 1. The van der Waals surface area contributed by atoms with Crippen molar-refractivity contribution in [1.29, 1.82) is 0 Å². The van der Waals surface area contributed by atoms with Gasteiger partial charge in [0, 0.05) is 5.39 Å². The average molecular weight is 246 g/mol. The molecule has 0 aliphatic heterocycles. The molecule has 0 atom stereocenters. The van der Waals surface area contributed by atoms with Gasteiger partial charge in [0.1, 0.15) is 5.58 Å². The summed E-state index contributed by atoms with van der Waals surface area (Å²) in [5.41, 5.74) is 6.23. The molecule has 4 nitrogen and oxygen atoms in total. The van der Waals surface area contributed by atoms with Crippen molar-refractivity contribution < 1.29 is 4.42 Å². The largest absolute Gasteiger partial charge is 0.422 e. The number of fused-ring (bicyclic) bond motifs is 1. The second kappa shape index (κ2) is 4.47. The van der Waals surface area contributed by atoms with Crippen molar-refractivity contribution in [3.8, 4) is 0 Å². The first-order valence-electron chi connectivity index (χ1n) is 4.96. The van der Waals surface area contributed by atoms with Gasteiger partial charge in [-0.15, -0.1) is 0 Å². The van der Waals surface area contributed by atoms with Crippen LogP contribution in [0, 0.1) is 0 Å². The van der Waals surface area contributed by atoms with Gasteiger partial charge in [0.15, 0.2) is 5.11 Å². The van der Waals surface area contributed by atoms with Crippen LogP contribution in [0.5, 0.6) is 0 Å². The lowest BCUT2D eigenvalue weighted by Crippen LogP contribution is -2.15. The van der Waals surface area contributed by atoms with E-state index in [0.717, 1.165) is 5.39 Å². The molecule has 1 heterocycles. The average Bonchev–Trinajstić information content (AvgIpc) is 2.27. The quantitative estimate of drug-likeness (QED) is 0.473. The van der Waals surface area contributed by atoms with Gasteiger partial charge in [-0.25, -0.2) is 9.79 Å². The monoisotopic (exact) mass is 246 g/mol. The van der Waals surface area contributed by atoms with Crippen LogP contribution in [0.4, 0.5) is 0 Å². The van der Waals surface area contributed by atoms with Crippen LogP contribution in [0.1, 0.15) is 12.5 Å². The Balaban J connectivity index is 2.67. The molecular weight excluding hydrogens is 236 g/mol. The van der Waals surface area contributed by atoms with E-state index in [2.05, 4.69) is 17.2 Å². The SMILES string of the molecule is C/C(=N\C(N)=S)c1cc2ccccc2oc1=O. The predicted molar refractivity (Wildman–Crippen MR) is 71.5 cm³/mol. The van der Waals surface area contributed by atoms with Gasteiger partial charge in [-0.3, -0.25) is 0 Å². The van der Waals surface area contributed by atoms with Crippen LogP contribution in [0.15, 0.2) is 44.5 Å². The molecule has 2 N–H and O–H groups in total. The number of aliphatic imine (C=N–C) groups is 1. The van der Waals surface area contributed by atoms with Gasteiger partial charge in [0.25, 0.3) is 0 Å². The maximum atomic E-state index is 11.7. The van der Waals surface area contributed by atoms with E-state index < -0.39 is 5.63 Å². The van der Waals surface area contributed by atoms with E-state index in [-0.39, 0.29) is 5.11 Å². The third-order valence-corrected chi connectivity index (χ3v) is 2.40. The summed E-state index contributed by atoms with van der Waals surface area (Å²) in [6, 6.07) is 8.99. The summed E-state index contributed by atoms with van der Waals surface area (Å²) < 4.78 is 5.18. The van der Waals surface area contributed by atoms with E-state index in [1.165, 1.54) is 0 Å². The van der Waals surface area contributed by atoms with E-state index in [4.69, 9.17) is 10.2 Å². The Morgan fingerprint density at radius 2 is 2.12 bits per heavy atom. The summed E-state index contributed by atoms with van der Waals surface area (Å²) >= 11 is 4.67. The van der Waals surface area contributed by atoms with Crippen LogP contribution in [0.2, 0.25) is 0 Å². The van der Waals surface area contributed by atoms with E-state index in [9.17, 15) is 4.79 Å². The van der Waals surface area contributed by atoms with Crippen LogP contribution in [-0.2, 0) is 0 Å². The molecule has 0 aliphatic carbocycles. The van der Waals surface area contributed by atoms with Crippen molar-refractivity contribution in [3.05, 3.63) is 46.3 Å².